The van der Waals surface area contributed by atoms with Crippen molar-refractivity contribution in [1.29, 1.82) is 0 Å². The molecule has 32 heavy (non-hydrogen) atoms. The average Bonchev–Trinajstić information content (AvgIpc) is 2.81. The minimum absolute atomic E-state index is 0.174. The maximum absolute atomic E-state index is 12.6. The fraction of sp³-hybridized carbons (Fsp3) is 0.0435. The molecule has 0 aliphatic rings. The Bertz CT molecular complexity index is 1160. The molecule has 0 spiro atoms. The van der Waals surface area contributed by atoms with Crippen LogP contribution in [0.1, 0.15) is 15.9 Å². The zero-order valence-corrected chi connectivity index (χ0v) is 17.7. The summed E-state index contributed by atoms with van der Waals surface area (Å²) in [5, 5.41) is 9.45. The number of halogens is 1. The van der Waals surface area contributed by atoms with Gasteiger partial charge in [-0.3, -0.25) is 14.4 Å². The third kappa shape index (κ3) is 5.93. The Hall–Kier alpha value is -4.17. The summed E-state index contributed by atoms with van der Waals surface area (Å²) in [7, 11) is 1.51. The average molecular weight is 451 g/mol. The molecule has 0 saturated carbocycles. The van der Waals surface area contributed by atoms with Crippen molar-refractivity contribution in [2.75, 3.05) is 17.7 Å². The third-order valence-corrected chi connectivity index (χ3v) is 4.49. The van der Waals surface area contributed by atoms with Crippen molar-refractivity contribution in [3.63, 3.8) is 0 Å². The molecule has 0 heterocycles. The number of hydrogen-bond acceptors (Lipinski definition) is 5. The second kappa shape index (κ2) is 10.7. The molecule has 0 saturated heterocycles. The van der Waals surface area contributed by atoms with Crippen LogP contribution in [0, 0.1) is 0 Å². The van der Waals surface area contributed by atoms with E-state index in [0.717, 1.165) is 0 Å². The van der Waals surface area contributed by atoms with Crippen molar-refractivity contribution in [1.82, 2.24) is 5.43 Å². The number of hydrazone groups is 1. The number of nitrogens with one attached hydrogen (secondary N) is 3. The van der Waals surface area contributed by atoms with E-state index in [4.69, 9.17) is 16.3 Å². The highest BCUT2D eigenvalue weighted by Gasteiger charge is 2.17. The van der Waals surface area contributed by atoms with Crippen LogP contribution in [0.25, 0.3) is 0 Å². The molecule has 9 heteroatoms. The third-order valence-electron chi connectivity index (χ3n) is 4.24. The standard InChI is InChI=1S/C23H19ClN4O4/c1-32-20-9-5-2-6-15(20)14-25-28-23(31)22(30)27-19-8-4-3-7-18(19)21(29)26-17-12-10-16(24)11-13-17/h2-14H,1H3,(H,26,29)(H,27,30)(H,28,31). The number of anilines is 2. The molecular formula is C23H19ClN4O4. The molecule has 3 rings (SSSR count). The van der Waals surface area contributed by atoms with Crippen LogP contribution < -0.4 is 20.8 Å². The van der Waals surface area contributed by atoms with E-state index < -0.39 is 17.7 Å². The van der Waals surface area contributed by atoms with Crippen LogP contribution in [-0.2, 0) is 9.59 Å². The van der Waals surface area contributed by atoms with Gasteiger partial charge in [0.1, 0.15) is 5.75 Å². The number of carbonyl (C=O) groups is 3. The Balaban J connectivity index is 1.64. The highest BCUT2D eigenvalue weighted by Crippen LogP contribution is 2.19. The molecule has 0 fully saturated rings. The summed E-state index contributed by atoms with van der Waals surface area (Å²) in [6.45, 7) is 0. The highest BCUT2D eigenvalue weighted by molar-refractivity contribution is 6.40. The molecule has 0 radical (unpaired) electrons. The molecule has 162 valence electrons. The van der Waals surface area contributed by atoms with E-state index >= 15 is 0 Å². The second-order valence-corrected chi connectivity index (χ2v) is 6.84. The van der Waals surface area contributed by atoms with Gasteiger partial charge in [-0.15, -0.1) is 0 Å². The molecule has 8 nitrogen and oxygen atoms in total. The van der Waals surface area contributed by atoms with Gasteiger partial charge >= 0.3 is 11.8 Å². The van der Waals surface area contributed by atoms with E-state index in [9.17, 15) is 14.4 Å². The van der Waals surface area contributed by atoms with Crippen LogP contribution in [0.4, 0.5) is 11.4 Å². The summed E-state index contributed by atoms with van der Waals surface area (Å²) in [6.07, 6.45) is 1.36. The van der Waals surface area contributed by atoms with E-state index in [1.807, 2.05) is 0 Å². The summed E-state index contributed by atoms with van der Waals surface area (Å²) in [5.41, 5.74) is 3.66. The van der Waals surface area contributed by atoms with Crippen molar-refractivity contribution >= 4 is 46.9 Å². The first kappa shape index (κ1) is 22.5. The van der Waals surface area contributed by atoms with Crippen molar-refractivity contribution in [3.05, 3.63) is 88.9 Å². The molecule has 0 atom stereocenters. The van der Waals surface area contributed by atoms with E-state index in [1.165, 1.54) is 25.5 Å². The smallest absolute Gasteiger partial charge is 0.329 e. The van der Waals surface area contributed by atoms with Gasteiger partial charge in [0.2, 0.25) is 0 Å². The molecule has 0 bridgehead atoms. The largest absolute Gasteiger partial charge is 0.496 e. The number of rotatable bonds is 6. The van der Waals surface area contributed by atoms with Gasteiger partial charge in [0.05, 0.1) is 24.6 Å². The monoisotopic (exact) mass is 450 g/mol. The Morgan fingerprint density at radius 3 is 2.31 bits per heavy atom. The van der Waals surface area contributed by atoms with Crippen molar-refractivity contribution in [3.8, 4) is 5.75 Å². The molecule has 0 aromatic heterocycles. The Morgan fingerprint density at radius 2 is 1.56 bits per heavy atom. The predicted molar refractivity (Wildman–Crippen MR) is 123 cm³/mol. The fourth-order valence-electron chi connectivity index (χ4n) is 2.69. The van der Waals surface area contributed by atoms with Gasteiger partial charge in [-0.05, 0) is 48.5 Å². The Labute approximate surface area is 189 Å². The van der Waals surface area contributed by atoms with Crippen LogP contribution in [0.2, 0.25) is 5.02 Å². The Kier molecular flexibility index (Phi) is 7.55. The quantitative estimate of drug-likeness (QED) is 0.302. The van der Waals surface area contributed by atoms with E-state index in [1.54, 1.807) is 60.7 Å². The lowest BCUT2D eigenvalue weighted by Crippen LogP contribution is -2.33. The number of benzene rings is 3. The minimum Gasteiger partial charge on any atom is -0.496 e. The number of amides is 3. The van der Waals surface area contributed by atoms with Crippen LogP contribution >= 0.6 is 11.6 Å². The first-order chi connectivity index (χ1) is 15.5. The van der Waals surface area contributed by atoms with Crippen LogP contribution in [0.5, 0.6) is 5.75 Å². The minimum atomic E-state index is -0.996. The molecular weight excluding hydrogens is 432 g/mol. The normalized spacial score (nSPS) is 10.4. The number of nitrogens with zero attached hydrogens (tertiary/aromatic N) is 1. The van der Waals surface area contributed by atoms with Crippen molar-refractivity contribution in [2.24, 2.45) is 5.10 Å². The zero-order valence-electron chi connectivity index (χ0n) is 17.0. The van der Waals surface area contributed by atoms with Gasteiger partial charge in [-0.1, -0.05) is 35.9 Å². The van der Waals surface area contributed by atoms with Gasteiger partial charge < -0.3 is 15.4 Å². The summed E-state index contributed by atoms with van der Waals surface area (Å²) in [4.78, 5) is 37.0. The van der Waals surface area contributed by atoms with E-state index in [-0.39, 0.29) is 11.3 Å². The summed E-state index contributed by atoms with van der Waals surface area (Å²) in [6, 6.07) is 19.9. The van der Waals surface area contributed by atoms with Crippen molar-refractivity contribution < 1.29 is 19.1 Å². The lowest BCUT2D eigenvalue weighted by molar-refractivity contribution is -0.136. The molecule has 3 N–H and O–H groups in total. The van der Waals surface area contributed by atoms with E-state index in [0.29, 0.717) is 22.0 Å². The number of methoxy groups -OCH3 is 1. The van der Waals surface area contributed by atoms with Crippen LogP contribution in [0.3, 0.4) is 0 Å². The molecule has 3 aromatic carbocycles. The molecule has 0 aliphatic carbocycles. The lowest BCUT2D eigenvalue weighted by atomic mass is 10.1. The number of carbonyl (C=O) groups excluding carboxylic acids is 3. The summed E-state index contributed by atoms with van der Waals surface area (Å²) >= 11 is 5.85. The van der Waals surface area contributed by atoms with Gasteiger partial charge in [0.15, 0.2) is 0 Å². The maximum atomic E-state index is 12.6. The lowest BCUT2D eigenvalue weighted by Gasteiger charge is -2.11. The zero-order chi connectivity index (χ0) is 22.9. The first-order valence-corrected chi connectivity index (χ1v) is 9.79. The Morgan fingerprint density at radius 1 is 0.875 bits per heavy atom. The van der Waals surface area contributed by atoms with Gasteiger partial charge in [0.25, 0.3) is 5.91 Å². The fourth-order valence-corrected chi connectivity index (χ4v) is 2.81. The summed E-state index contributed by atoms with van der Waals surface area (Å²) < 4.78 is 5.19. The second-order valence-electron chi connectivity index (χ2n) is 6.40. The highest BCUT2D eigenvalue weighted by atomic mass is 35.5. The topological polar surface area (TPSA) is 109 Å². The van der Waals surface area contributed by atoms with Crippen molar-refractivity contribution in [2.45, 2.75) is 0 Å². The maximum Gasteiger partial charge on any atom is 0.329 e. The molecule has 3 aromatic rings. The molecule has 3 amide bonds. The van der Waals surface area contributed by atoms with E-state index in [2.05, 4.69) is 21.2 Å². The molecule has 0 unspecified atom stereocenters. The van der Waals surface area contributed by atoms with Crippen LogP contribution in [-0.4, -0.2) is 31.0 Å². The number of hydrogen-bond donors (Lipinski definition) is 3. The number of ether oxygens (including phenoxy) is 1. The SMILES string of the molecule is COc1ccccc1C=NNC(=O)C(=O)Nc1ccccc1C(=O)Nc1ccc(Cl)cc1. The first-order valence-electron chi connectivity index (χ1n) is 9.41. The van der Waals surface area contributed by atoms with Crippen LogP contribution in [0.15, 0.2) is 77.9 Å². The number of para-hydroxylation sites is 2. The van der Waals surface area contributed by atoms with Gasteiger partial charge in [-0.25, -0.2) is 5.43 Å². The molecule has 0 aliphatic heterocycles. The van der Waals surface area contributed by atoms with Gasteiger partial charge in [0, 0.05) is 16.3 Å². The predicted octanol–water partition coefficient (Wildman–Crippen LogP) is 3.69. The summed E-state index contributed by atoms with van der Waals surface area (Å²) in [5.74, 6) is -1.87. The van der Waals surface area contributed by atoms with Gasteiger partial charge in [-0.2, -0.15) is 5.10 Å².